The Morgan fingerprint density at radius 2 is 2.03 bits per heavy atom. The molecule has 0 amide bonds. The van der Waals surface area contributed by atoms with Crippen molar-refractivity contribution < 1.29 is 19.4 Å². The van der Waals surface area contributed by atoms with Crippen molar-refractivity contribution in [1.29, 1.82) is 0 Å². The summed E-state index contributed by atoms with van der Waals surface area (Å²) in [4.78, 5) is 13.8. The van der Waals surface area contributed by atoms with Crippen LogP contribution < -0.4 is 10.2 Å². The second-order valence-corrected chi connectivity index (χ2v) is 9.26. The Hall–Kier alpha value is -3.24. The minimum atomic E-state index is -0.472. The predicted octanol–water partition coefficient (Wildman–Crippen LogP) is 4.45. The minimum Gasteiger partial charge on any atom is -0.396 e. The third-order valence-corrected chi connectivity index (χ3v) is 6.37. The van der Waals surface area contributed by atoms with Crippen LogP contribution in [-0.4, -0.2) is 51.7 Å². The molecular weight excluding hydrogens is 438 g/mol. The van der Waals surface area contributed by atoms with Gasteiger partial charge in [-0.2, -0.15) is 0 Å². The summed E-state index contributed by atoms with van der Waals surface area (Å²) in [5.41, 5.74) is 2.13. The number of nitro groups is 1. The highest BCUT2D eigenvalue weighted by molar-refractivity contribution is 6.00. The van der Waals surface area contributed by atoms with Crippen molar-refractivity contribution in [3.05, 3.63) is 52.1 Å². The molecule has 0 spiro atoms. The highest BCUT2D eigenvalue weighted by atomic mass is 16.6. The van der Waals surface area contributed by atoms with Crippen LogP contribution in [0.4, 0.5) is 17.1 Å². The lowest BCUT2D eigenvalue weighted by atomic mass is 9.90. The van der Waals surface area contributed by atoms with Crippen molar-refractivity contribution in [2.75, 3.05) is 30.0 Å². The molecule has 10 heteroatoms. The van der Waals surface area contributed by atoms with E-state index in [1.165, 1.54) is 0 Å². The van der Waals surface area contributed by atoms with Crippen molar-refractivity contribution in [2.24, 2.45) is 0 Å². The van der Waals surface area contributed by atoms with E-state index in [2.05, 4.69) is 53.4 Å². The average molecular weight is 470 g/mol. The van der Waals surface area contributed by atoms with Crippen molar-refractivity contribution >= 4 is 28.1 Å². The molecule has 0 saturated carbocycles. The monoisotopic (exact) mass is 469 g/mol. The van der Waals surface area contributed by atoms with Crippen molar-refractivity contribution in [3.63, 3.8) is 0 Å². The lowest BCUT2D eigenvalue weighted by Crippen LogP contribution is -2.47. The molecule has 34 heavy (non-hydrogen) atoms. The van der Waals surface area contributed by atoms with Crippen LogP contribution in [0.5, 0.6) is 0 Å². The van der Waals surface area contributed by atoms with Crippen LogP contribution >= 0.6 is 0 Å². The summed E-state index contributed by atoms with van der Waals surface area (Å²) in [6.07, 6.45) is 2.04. The van der Waals surface area contributed by atoms with E-state index >= 15 is 0 Å². The molecule has 2 atom stereocenters. The molecule has 1 aliphatic heterocycles. The van der Waals surface area contributed by atoms with Gasteiger partial charge in [-0.25, -0.2) is 4.63 Å². The molecule has 2 unspecified atom stereocenters. The van der Waals surface area contributed by atoms with Gasteiger partial charge in [-0.05, 0) is 62.0 Å². The Morgan fingerprint density at radius 3 is 2.71 bits per heavy atom. The van der Waals surface area contributed by atoms with E-state index < -0.39 is 4.92 Å². The number of aromatic nitrogens is 2. The molecule has 1 fully saturated rings. The number of anilines is 2. The first-order chi connectivity index (χ1) is 16.3. The van der Waals surface area contributed by atoms with Gasteiger partial charge in [0, 0.05) is 25.8 Å². The quantitative estimate of drug-likeness (QED) is 0.265. The number of aliphatic hydroxyl groups is 1. The summed E-state index contributed by atoms with van der Waals surface area (Å²) in [6, 6.07) is 12.0. The van der Waals surface area contributed by atoms with Crippen LogP contribution in [0, 0.1) is 10.1 Å². The SMILES string of the molecule is CC(c1ccccc1)N(c1cc(NCCCO)c([N+](=O)[O-])c2nonc12)C1CCOC(C)(C)C1. The van der Waals surface area contributed by atoms with Gasteiger partial charge in [0.2, 0.25) is 5.52 Å². The fourth-order valence-electron chi connectivity index (χ4n) is 4.78. The number of hydrogen-bond donors (Lipinski definition) is 2. The van der Waals surface area contributed by atoms with E-state index in [1.807, 2.05) is 18.2 Å². The molecular formula is C24H31N5O5. The third kappa shape index (κ3) is 4.83. The number of fused-ring (bicyclic) bond motifs is 1. The lowest BCUT2D eigenvalue weighted by molar-refractivity contribution is -0.382. The number of aliphatic hydroxyl groups excluding tert-OH is 1. The average Bonchev–Trinajstić information content (AvgIpc) is 3.29. The highest BCUT2D eigenvalue weighted by Gasteiger charge is 2.37. The van der Waals surface area contributed by atoms with E-state index in [0.717, 1.165) is 18.4 Å². The molecule has 182 valence electrons. The highest BCUT2D eigenvalue weighted by Crippen LogP contribution is 2.44. The number of nitrogens with zero attached hydrogens (tertiary/aromatic N) is 4. The molecule has 4 rings (SSSR count). The smallest absolute Gasteiger partial charge is 0.323 e. The first-order valence-electron chi connectivity index (χ1n) is 11.6. The maximum absolute atomic E-state index is 12.0. The lowest BCUT2D eigenvalue weighted by Gasteiger charge is -2.45. The normalized spacial score (nSPS) is 18.5. The second-order valence-electron chi connectivity index (χ2n) is 9.26. The number of hydrogen-bond acceptors (Lipinski definition) is 9. The first kappa shape index (κ1) is 23.9. The van der Waals surface area contributed by atoms with Gasteiger partial charge in [0.1, 0.15) is 5.69 Å². The molecule has 2 N–H and O–H groups in total. The van der Waals surface area contributed by atoms with Crippen LogP contribution in [0.25, 0.3) is 11.0 Å². The van der Waals surface area contributed by atoms with E-state index in [0.29, 0.717) is 36.5 Å². The number of benzene rings is 2. The summed E-state index contributed by atoms with van der Waals surface area (Å²) in [6.45, 7) is 7.26. The Kier molecular flexibility index (Phi) is 6.99. The molecule has 0 aliphatic carbocycles. The summed E-state index contributed by atoms with van der Waals surface area (Å²) in [5, 5.41) is 32.3. The largest absolute Gasteiger partial charge is 0.396 e. The fraction of sp³-hybridized carbons (Fsp3) is 0.500. The summed E-state index contributed by atoms with van der Waals surface area (Å²) in [7, 11) is 0. The van der Waals surface area contributed by atoms with Crippen LogP contribution in [0.3, 0.4) is 0 Å². The Morgan fingerprint density at radius 1 is 1.29 bits per heavy atom. The van der Waals surface area contributed by atoms with Crippen molar-refractivity contribution in [1.82, 2.24) is 10.3 Å². The van der Waals surface area contributed by atoms with Crippen molar-refractivity contribution in [2.45, 2.75) is 57.7 Å². The molecule has 10 nitrogen and oxygen atoms in total. The number of nitro benzene ring substituents is 1. The second kappa shape index (κ2) is 9.94. The predicted molar refractivity (Wildman–Crippen MR) is 129 cm³/mol. The topological polar surface area (TPSA) is 127 Å². The number of ether oxygens (including phenoxy) is 1. The van der Waals surface area contributed by atoms with E-state index in [-0.39, 0.29) is 35.5 Å². The molecule has 1 aliphatic rings. The molecule has 0 radical (unpaired) electrons. The van der Waals surface area contributed by atoms with E-state index in [9.17, 15) is 15.2 Å². The Bertz CT molecular complexity index is 1130. The van der Waals surface area contributed by atoms with Crippen LogP contribution in [0.1, 0.15) is 51.6 Å². The molecule has 0 bridgehead atoms. The standard InChI is InChI=1S/C24H31N5O5/c1-16(17-8-5-4-6-9-17)28(18-10-13-33-24(2,3)15-18)20-14-19(25-11-7-12-30)23(29(31)32)22-21(20)26-34-27-22/h4-6,8-9,14,16,18,25,30H,7,10-13,15H2,1-3H3. The van der Waals surface area contributed by atoms with Gasteiger partial charge >= 0.3 is 5.69 Å². The van der Waals surface area contributed by atoms with Crippen molar-refractivity contribution in [3.8, 4) is 0 Å². The number of rotatable bonds is 9. The van der Waals surface area contributed by atoms with E-state index in [1.54, 1.807) is 6.07 Å². The zero-order valence-corrected chi connectivity index (χ0v) is 19.7. The van der Waals surface area contributed by atoms with Crippen LogP contribution in [-0.2, 0) is 4.74 Å². The Balaban J connectivity index is 1.89. The maximum Gasteiger partial charge on any atom is 0.323 e. The Labute approximate surface area is 198 Å². The van der Waals surface area contributed by atoms with Gasteiger partial charge in [-0.15, -0.1) is 0 Å². The van der Waals surface area contributed by atoms with Gasteiger partial charge < -0.3 is 20.1 Å². The minimum absolute atomic E-state index is 0.0181. The zero-order valence-electron chi connectivity index (χ0n) is 19.7. The van der Waals surface area contributed by atoms with E-state index in [4.69, 9.17) is 9.37 Å². The molecule has 2 aromatic carbocycles. The van der Waals surface area contributed by atoms with Gasteiger partial charge in [0.25, 0.3) is 0 Å². The summed E-state index contributed by atoms with van der Waals surface area (Å²) < 4.78 is 11.0. The first-order valence-corrected chi connectivity index (χ1v) is 11.6. The molecule has 1 aromatic heterocycles. The van der Waals surface area contributed by atoms with Gasteiger partial charge in [0.15, 0.2) is 5.52 Å². The molecule has 3 aromatic rings. The maximum atomic E-state index is 12.0. The summed E-state index contributed by atoms with van der Waals surface area (Å²) >= 11 is 0. The number of nitrogens with one attached hydrogen (secondary N) is 1. The fourth-order valence-corrected chi connectivity index (χ4v) is 4.78. The third-order valence-electron chi connectivity index (χ3n) is 6.37. The zero-order chi connectivity index (χ0) is 24.3. The van der Waals surface area contributed by atoms with Gasteiger partial charge in [0.05, 0.1) is 22.3 Å². The molecule has 2 heterocycles. The van der Waals surface area contributed by atoms with Crippen LogP contribution in [0.2, 0.25) is 0 Å². The van der Waals surface area contributed by atoms with Gasteiger partial charge in [-0.1, -0.05) is 30.3 Å². The van der Waals surface area contributed by atoms with Crippen LogP contribution in [0.15, 0.2) is 41.0 Å². The molecule has 1 saturated heterocycles. The van der Waals surface area contributed by atoms with Gasteiger partial charge in [-0.3, -0.25) is 10.1 Å². The summed E-state index contributed by atoms with van der Waals surface area (Å²) in [5.74, 6) is 0.